The van der Waals surface area contributed by atoms with E-state index in [1.54, 1.807) is 0 Å². The smallest absolute Gasteiger partial charge is 0.227 e. The van der Waals surface area contributed by atoms with Crippen LogP contribution < -0.4 is 0 Å². The molecule has 2 heterocycles. The van der Waals surface area contributed by atoms with Crippen LogP contribution in [0.15, 0.2) is 53.1 Å². The summed E-state index contributed by atoms with van der Waals surface area (Å²) in [6, 6.07) is 15.0. The Balaban J connectivity index is 1.29. The second-order valence-electron chi connectivity index (χ2n) is 7.43. The first-order chi connectivity index (χ1) is 13.2. The van der Waals surface area contributed by atoms with Crippen molar-refractivity contribution >= 4 is 0 Å². The van der Waals surface area contributed by atoms with Crippen molar-refractivity contribution in [3.8, 4) is 11.4 Å². The van der Waals surface area contributed by atoms with E-state index in [0.29, 0.717) is 11.7 Å². The molecule has 0 radical (unpaired) electrons. The van der Waals surface area contributed by atoms with E-state index in [0.717, 1.165) is 55.9 Å². The topological polar surface area (TPSA) is 42.2 Å². The Hall–Kier alpha value is -2.53. The van der Waals surface area contributed by atoms with Gasteiger partial charge in [-0.15, -0.1) is 0 Å². The summed E-state index contributed by atoms with van der Waals surface area (Å²) in [5.74, 6) is 1.78. The van der Waals surface area contributed by atoms with Gasteiger partial charge in [-0.25, -0.2) is 4.39 Å². The van der Waals surface area contributed by atoms with Crippen molar-refractivity contribution < 1.29 is 8.91 Å². The molecule has 1 aromatic heterocycles. The van der Waals surface area contributed by atoms with E-state index in [1.807, 2.05) is 24.3 Å². The molecule has 4 rings (SSSR count). The molecule has 0 spiro atoms. The van der Waals surface area contributed by atoms with Crippen LogP contribution in [0.2, 0.25) is 0 Å². The molecule has 0 unspecified atom stereocenters. The average Bonchev–Trinajstić information content (AvgIpc) is 3.14. The highest BCUT2D eigenvalue weighted by atomic mass is 19.1. The Morgan fingerprint density at radius 2 is 1.74 bits per heavy atom. The number of nitrogens with zero attached hydrogens (tertiary/aromatic N) is 3. The summed E-state index contributed by atoms with van der Waals surface area (Å²) in [6.45, 7) is 5.03. The van der Waals surface area contributed by atoms with E-state index in [-0.39, 0.29) is 5.82 Å². The van der Waals surface area contributed by atoms with Crippen LogP contribution >= 0.6 is 0 Å². The van der Waals surface area contributed by atoms with Crippen molar-refractivity contribution in [3.63, 3.8) is 0 Å². The highest BCUT2D eigenvalue weighted by Crippen LogP contribution is 2.24. The van der Waals surface area contributed by atoms with Gasteiger partial charge < -0.3 is 4.52 Å². The molecule has 1 fully saturated rings. The van der Waals surface area contributed by atoms with Crippen molar-refractivity contribution in [2.45, 2.75) is 32.7 Å². The maximum Gasteiger partial charge on any atom is 0.227 e. The number of likely N-dealkylation sites (tertiary alicyclic amines) is 1. The van der Waals surface area contributed by atoms with Gasteiger partial charge in [-0.3, -0.25) is 4.90 Å². The number of piperidine rings is 1. The summed E-state index contributed by atoms with van der Waals surface area (Å²) in [5, 5.41) is 4.13. The molecule has 27 heavy (non-hydrogen) atoms. The van der Waals surface area contributed by atoms with Crippen LogP contribution in [0, 0.1) is 18.7 Å². The van der Waals surface area contributed by atoms with Gasteiger partial charge in [0.2, 0.25) is 11.7 Å². The zero-order valence-corrected chi connectivity index (χ0v) is 15.6. The first-order valence-electron chi connectivity index (χ1n) is 9.52. The molecule has 1 saturated heterocycles. The third kappa shape index (κ3) is 4.61. The van der Waals surface area contributed by atoms with Gasteiger partial charge in [0, 0.05) is 18.5 Å². The lowest BCUT2D eigenvalue weighted by Crippen LogP contribution is -2.33. The number of halogens is 1. The van der Waals surface area contributed by atoms with Gasteiger partial charge in [-0.05, 0) is 56.5 Å². The van der Waals surface area contributed by atoms with Gasteiger partial charge in [0.05, 0.1) is 0 Å². The van der Waals surface area contributed by atoms with Gasteiger partial charge in [0.25, 0.3) is 0 Å². The van der Waals surface area contributed by atoms with Crippen LogP contribution in [0.1, 0.15) is 29.9 Å². The quantitative estimate of drug-likeness (QED) is 0.661. The molecule has 140 valence electrons. The predicted molar refractivity (Wildman–Crippen MR) is 103 cm³/mol. The van der Waals surface area contributed by atoms with E-state index in [4.69, 9.17) is 4.52 Å². The number of hydrogen-bond donors (Lipinski definition) is 0. The molecule has 5 heteroatoms. The van der Waals surface area contributed by atoms with Crippen molar-refractivity contribution in [1.29, 1.82) is 0 Å². The Kier molecular flexibility index (Phi) is 5.30. The van der Waals surface area contributed by atoms with E-state index in [9.17, 15) is 4.39 Å². The summed E-state index contributed by atoms with van der Waals surface area (Å²) >= 11 is 0. The molecule has 1 aliphatic rings. The Morgan fingerprint density at radius 3 is 2.44 bits per heavy atom. The number of hydrogen-bond acceptors (Lipinski definition) is 4. The summed E-state index contributed by atoms with van der Waals surface area (Å²) < 4.78 is 18.5. The average molecular weight is 365 g/mol. The maximum atomic E-state index is 13.0. The summed E-state index contributed by atoms with van der Waals surface area (Å²) in [7, 11) is 0. The monoisotopic (exact) mass is 365 g/mol. The molecule has 0 saturated carbocycles. The largest absolute Gasteiger partial charge is 0.339 e. The van der Waals surface area contributed by atoms with Crippen molar-refractivity contribution in [3.05, 3.63) is 71.4 Å². The first kappa shape index (κ1) is 17.9. The van der Waals surface area contributed by atoms with Gasteiger partial charge in [0.1, 0.15) is 5.82 Å². The lowest BCUT2D eigenvalue weighted by atomic mass is 9.93. The van der Waals surface area contributed by atoms with Crippen LogP contribution in [0.3, 0.4) is 0 Å². The number of benzene rings is 2. The molecular weight excluding hydrogens is 341 g/mol. The maximum absolute atomic E-state index is 13.0. The third-order valence-corrected chi connectivity index (χ3v) is 5.27. The fourth-order valence-electron chi connectivity index (χ4n) is 3.60. The molecule has 2 aromatic carbocycles. The van der Waals surface area contributed by atoms with E-state index < -0.39 is 0 Å². The molecule has 3 aromatic rings. The summed E-state index contributed by atoms with van der Waals surface area (Å²) in [4.78, 5) is 7.00. The van der Waals surface area contributed by atoms with E-state index >= 15 is 0 Å². The van der Waals surface area contributed by atoms with E-state index in [2.05, 4.69) is 34.1 Å². The normalized spacial score (nSPS) is 15.9. The number of aryl methyl sites for hydroxylation is 1. The number of rotatable bonds is 5. The lowest BCUT2D eigenvalue weighted by molar-refractivity contribution is 0.171. The highest BCUT2D eigenvalue weighted by molar-refractivity contribution is 5.54. The Bertz CT molecular complexity index is 865. The molecule has 0 bridgehead atoms. The molecule has 0 aliphatic carbocycles. The van der Waals surface area contributed by atoms with Crippen LogP contribution in [0.25, 0.3) is 11.4 Å². The summed E-state index contributed by atoms with van der Waals surface area (Å²) in [6.07, 6.45) is 3.07. The molecule has 0 atom stereocenters. The van der Waals surface area contributed by atoms with Gasteiger partial charge >= 0.3 is 0 Å². The van der Waals surface area contributed by atoms with Crippen molar-refractivity contribution in [2.75, 3.05) is 13.1 Å². The van der Waals surface area contributed by atoms with Crippen LogP contribution in [-0.4, -0.2) is 28.1 Å². The predicted octanol–water partition coefficient (Wildman–Crippen LogP) is 4.64. The minimum atomic E-state index is -0.179. The zero-order valence-electron chi connectivity index (χ0n) is 15.6. The molecule has 0 amide bonds. The molecule has 0 N–H and O–H groups in total. The van der Waals surface area contributed by atoms with Crippen LogP contribution in [-0.2, 0) is 13.0 Å². The zero-order chi connectivity index (χ0) is 18.6. The molecule has 1 aliphatic heterocycles. The summed E-state index contributed by atoms with van der Waals surface area (Å²) in [5.41, 5.74) is 3.37. The van der Waals surface area contributed by atoms with E-state index in [1.165, 1.54) is 17.7 Å². The van der Waals surface area contributed by atoms with Gasteiger partial charge in [-0.2, -0.15) is 4.98 Å². The number of aromatic nitrogens is 2. The fraction of sp³-hybridized carbons (Fsp3) is 0.364. The minimum absolute atomic E-state index is 0.179. The fourth-order valence-corrected chi connectivity index (χ4v) is 3.60. The molecular formula is C22H24FN3O. The Morgan fingerprint density at radius 1 is 1.04 bits per heavy atom. The van der Waals surface area contributed by atoms with Gasteiger partial charge in [-0.1, -0.05) is 47.1 Å². The second kappa shape index (κ2) is 8.01. The minimum Gasteiger partial charge on any atom is -0.339 e. The second-order valence-corrected chi connectivity index (χ2v) is 7.43. The first-order valence-corrected chi connectivity index (χ1v) is 9.52. The Labute approximate surface area is 159 Å². The SMILES string of the molecule is Cc1ccc(-c2noc(CC3CCN(Cc4ccc(F)cc4)CC3)n2)cc1. The highest BCUT2D eigenvalue weighted by Gasteiger charge is 2.22. The lowest BCUT2D eigenvalue weighted by Gasteiger charge is -2.31. The molecule has 4 nitrogen and oxygen atoms in total. The van der Waals surface area contributed by atoms with Crippen LogP contribution in [0.4, 0.5) is 4.39 Å². The van der Waals surface area contributed by atoms with Gasteiger partial charge in [0.15, 0.2) is 0 Å². The van der Waals surface area contributed by atoms with Crippen LogP contribution in [0.5, 0.6) is 0 Å². The standard InChI is InChI=1S/C22H24FN3O/c1-16-2-6-19(7-3-16)22-24-21(27-25-22)14-17-10-12-26(13-11-17)15-18-4-8-20(23)9-5-18/h2-9,17H,10-15H2,1H3. The third-order valence-electron chi connectivity index (χ3n) is 5.27. The van der Waals surface area contributed by atoms with Crippen molar-refractivity contribution in [1.82, 2.24) is 15.0 Å². The van der Waals surface area contributed by atoms with Crippen molar-refractivity contribution in [2.24, 2.45) is 5.92 Å².